The fourth-order valence-corrected chi connectivity index (χ4v) is 3.50. The van der Waals surface area contributed by atoms with Gasteiger partial charge in [-0.3, -0.25) is 4.79 Å². The summed E-state index contributed by atoms with van der Waals surface area (Å²) in [6.07, 6.45) is 0.817. The highest BCUT2D eigenvalue weighted by atomic mass is 16.5. The van der Waals surface area contributed by atoms with Crippen LogP contribution in [0.4, 0.5) is 0 Å². The largest absolute Gasteiger partial charge is 0.493 e. The zero-order chi connectivity index (χ0) is 23.8. The van der Waals surface area contributed by atoms with Crippen LogP contribution in [0, 0.1) is 13.8 Å². The summed E-state index contributed by atoms with van der Waals surface area (Å²) in [4.78, 5) is 25.2. The summed E-state index contributed by atoms with van der Waals surface area (Å²) < 4.78 is 11.7. The predicted molar refractivity (Wildman–Crippen MR) is 127 cm³/mol. The maximum absolute atomic E-state index is 13.1. The molecular formula is C27H29NO5. The minimum atomic E-state index is -1.89. The first-order valence-corrected chi connectivity index (χ1v) is 10.9. The van der Waals surface area contributed by atoms with Crippen LogP contribution in [0.3, 0.4) is 0 Å². The maximum Gasteiger partial charge on any atom is 0.370 e. The van der Waals surface area contributed by atoms with E-state index in [0.29, 0.717) is 23.7 Å². The van der Waals surface area contributed by atoms with Crippen LogP contribution in [0.25, 0.3) is 0 Å². The number of carbonyl (C=O) groups is 2. The average Bonchev–Trinajstić information content (AvgIpc) is 2.82. The molecule has 0 aromatic heterocycles. The van der Waals surface area contributed by atoms with Crippen molar-refractivity contribution in [3.8, 4) is 11.5 Å². The number of aliphatic carboxylic acids is 1. The molecular weight excluding hydrogens is 418 g/mol. The monoisotopic (exact) mass is 447 g/mol. The molecule has 1 amide bonds. The van der Waals surface area contributed by atoms with Crippen LogP contribution in [-0.2, 0) is 11.2 Å². The van der Waals surface area contributed by atoms with Crippen molar-refractivity contribution in [2.24, 2.45) is 0 Å². The first-order valence-electron chi connectivity index (χ1n) is 10.9. The molecule has 0 radical (unpaired) electrons. The standard InChI is InChI=1S/C27H29NO5/c1-4-27(26(30)31,33-22-13-9-6-10-14-22)28-25(29)23-15-16-24(20(3)19(23)2)32-18-17-21-11-7-5-8-12-21/h5-16H,4,17-18H2,1-3H3,(H,28,29)(H,30,31). The number of hydrogen-bond donors (Lipinski definition) is 2. The number of para-hydroxylation sites is 1. The van der Waals surface area contributed by atoms with Gasteiger partial charge in [-0.1, -0.05) is 55.5 Å². The van der Waals surface area contributed by atoms with Crippen LogP contribution < -0.4 is 14.8 Å². The lowest BCUT2D eigenvalue weighted by Gasteiger charge is -2.30. The van der Waals surface area contributed by atoms with E-state index in [4.69, 9.17) is 9.47 Å². The predicted octanol–water partition coefficient (Wildman–Crippen LogP) is 4.92. The number of hydrogen-bond acceptors (Lipinski definition) is 4. The Hall–Kier alpha value is -3.80. The molecule has 33 heavy (non-hydrogen) atoms. The van der Waals surface area contributed by atoms with E-state index in [1.807, 2.05) is 32.0 Å². The normalized spacial score (nSPS) is 12.5. The summed E-state index contributed by atoms with van der Waals surface area (Å²) in [7, 11) is 0. The van der Waals surface area contributed by atoms with Crippen LogP contribution in [0.5, 0.6) is 11.5 Å². The van der Waals surface area contributed by atoms with Crippen molar-refractivity contribution in [3.63, 3.8) is 0 Å². The van der Waals surface area contributed by atoms with Crippen molar-refractivity contribution in [1.29, 1.82) is 0 Å². The van der Waals surface area contributed by atoms with Crippen molar-refractivity contribution < 1.29 is 24.2 Å². The van der Waals surface area contributed by atoms with Gasteiger partial charge in [0.15, 0.2) is 0 Å². The molecule has 3 aromatic rings. The number of carboxylic acid groups (broad SMARTS) is 1. The topological polar surface area (TPSA) is 84.9 Å². The summed E-state index contributed by atoms with van der Waals surface area (Å²) in [5, 5.41) is 12.5. The number of amides is 1. The van der Waals surface area contributed by atoms with E-state index in [2.05, 4.69) is 17.4 Å². The maximum atomic E-state index is 13.1. The van der Waals surface area contributed by atoms with E-state index in [1.165, 1.54) is 5.56 Å². The Morgan fingerprint density at radius 3 is 2.15 bits per heavy atom. The fourth-order valence-electron chi connectivity index (χ4n) is 3.50. The van der Waals surface area contributed by atoms with E-state index in [1.54, 1.807) is 49.4 Å². The van der Waals surface area contributed by atoms with Gasteiger partial charge in [-0.2, -0.15) is 0 Å². The number of carboxylic acids is 1. The number of ether oxygens (including phenoxy) is 2. The molecule has 0 aliphatic heterocycles. The lowest BCUT2D eigenvalue weighted by molar-refractivity contribution is -0.158. The first-order chi connectivity index (χ1) is 15.9. The van der Waals surface area contributed by atoms with Gasteiger partial charge >= 0.3 is 5.97 Å². The molecule has 0 fully saturated rings. The van der Waals surface area contributed by atoms with Gasteiger partial charge in [-0.15, -0.1) is 0 Å². The van der Waals surface area contributed by atoms with Gasteiger partial charge in [0.05, 0.1) is 6.61 Å². The second-order valence-corrected chi connectivity index (χ2v) is 7.80. The Balaban J connectivity index is 1.75. The van der Waals surface area contributed by atoms with E-state index in [9.17, 15) is 14.7 Å². The lowest BCUT2D eigenvalue weighted by atomic mass is 10.0. The average molecular weight is 448 g/mol. The molecule has 1 atom stereocenters. The number of carbonyl (C=O) groups excluding carboxylic acids is 1. The van der Waals surface area contributed by atoms with Gasteiger partial charge in [0.25, 0.3) is 11.6 Å². The van der Waals surface area contributed by atoms with Crippen LogP contribution >= 0.6 is 0 Å². The van der Waals surface area contributed by atoms with Gasteiger partial charge in [0.1, 0.15) is 11.5 Å². The van der Waals surface area contributed by atoms with Crippen LogP contribution in [0.2, 0.25) is 0 Å². The Bertz CT molecular complexity index is 1100. The highest BCUT2D eigenvalue weighted by molar-refractivity contribution is 5.99. The fraction of sp³-hybridized carbons (Fsp3) is 0.259. The SMILES string of the molecule is CCC(NC(=O)c1ccc(OCCc2ccccc2)c(C)c1C)(Oc1ccccc1)C(=O)O. The molecule has 0 spiro atoms. The third kappa shape index (κ3) is 5.71. The Kier molecular flexibility index (Phi) is 7.72. The molecule has 0 bridgehead atoms. The Morgan fingerprint density at radius 2 is 1.55 bits per heavy atom. The second kappa shape index (κ2) is 10.7. The number of benzene rings is 3. The minimum Gasteiger partial charge on any atom is -0.493 e. The zero-order valence-electron chi connectivity index (χ0n) is 19.1. The van der Waals surface area contributed by atoms with Crippen molar-refractivity contribution in [3.05, 3.63) is 95.1 Å². The van der Waals surface area contributed by atoms with Gasteiger partial charge in [0, 0.05) is 18.4 Å². The first kappa shape index (κ1) is 23.9. The molecule has 0 aliphatic rings. The van der Waals surface area contributed by atoms with Gasteiger partial charge in [-0.05, 0) is 54.8 Å². The molecule has 0 saturated carbocycles. The Labute approximate surface area is 194 Å². The Morgan fingerprint density at radius 1 is 0.909 bits per heavy atom. The summed E-state index contributed by atoms with van der Waals surface area (Å²) in [6, 6.07) is 22.0. The van der Waals surface area contributed by atoms with Gasteiger partial charge in [-0.25, -0.2) is 4.79 Å². The molecule has 1 unspecified atom stereocenters. The van der Waals surface area contributed by atoms with E-state index >= 15 is 0 Å². The highest BCUT2D eigenvalue weighted by Crippen LogP contribution is 2.26. The number of rotatable bonds is 10. The molecule has 2 N–H and O–H groups in total. The van der Waals surface area contributed by atoms with Crippen LogP contribution in [0.15, 0.2) is 72.8 Å². The van der Waals surface area contributed by atoms with Crippen molar-refractivity contribution in [2.75, 3.05) is 6.61 Å². The van der Waals surface area contributed by atoms with Crippen LogP contribution in [-0.4, -0.2) is 29.3 Å². The third-order valence-electron chi connectivity index (χ3n) is 5.67. The number of nitrogens with one attached hydrogen (secondary N) is 1. The summed E-state index contributed by atoms with van der Waals surface area (Å²) in [5.74, 6) is -0.735. The van der Waals surface area contributed by atoms with Gasteiger partial charge < -0.3 is 19.9 Å². The van der Waals surface area contributed by atoms with E-state index < -0.39 is 17.6 Å². The van der Waals surface area contributed by atoms with Crippen molar-refractivity contribution in [2.45, 2.75) is 39.3 Å². The van der Waals surface area contributed by atoms with E-state index in [-0.39, 0.29) is 6.42 Å². The molecule has 0 aliphatic carbocycles. The molecule has 6 nitrogen and oxygen atoms in total. The van der Waals surface area contributed by atoms with Crippen LogP contribution in [0.1, 0.15) is 40.4 Å². The smallest absolute Gasteiger partial charge is 0.370 e. The van der Waals surface area contributed by atoms with Crippen molar-refractivity contribution >= 4 is 11.9 Å². The molecule has 172 valence electrons. The van der Waals surface area contributed by atoms with E-state index in [0.717, 1.165) is 17.5 Å². The van der Waals surface area contributed by atoms with Crippen molar-refractivity contribution in [1.82, 2.24) is 5.32 Å². The summed E-state index contributed by atoms with van der Waals surface area (Å²) in [5.41, 5.74) is 1.23. The lowest BCUT2D eigenvalue weighted by Crippen LogP contribution is -2.58. The molecule has 0 saturated heterocycles. The summed E-state index contributed by atoms with van der Waals surface area (Å²) >= 11 is 0. The molecule has 3 rings (SSSR count). The molecule has 0 heterocycles. The highest BCUT2D eigenvalue weighted by Gasteiger charge is 2.41. The summed E-state index contributed by atoms with van der Waals surface area (Å²) in [6.45, 7) is 5.87. The second-order valence-electron chi connectivity index (χ2n) is 7.80. The zero-order valence-corrected chi connectivity index (χ0v) is 19.1. The molecule has 3 aromatic carbocycles. The molecule has 6 heteroatoms. The van der Waals surface area contributed by atoms with Gasteiger partial charge in [0.2, 0.25) is 0 Å². The minimum absolute atomic E-state index is 0.0433. The quantitative estimate of drug-likeness (QED) is 0.431. The third-order valence-corrected chi connectivity index (χ3v) is 5.67.